The maximum Gasteiger partial charge on any atom is 0.320 e. The van der Waals surface area contributed by atoms with Crippen LogP contribution in [0.4, 0.5) is 0 Å². The number of nitrogens with zero attached hydrogens (tertiary/aromatic N) is 3. The predicted octanol–water partition coefficient (Wildman–Crippen LogP) is 7.22. The summed E-state index contributed by atoms with van der Waals surface area (Å²) in [5.74, 6) is -0.182. The Kier molecular flexibility index (Phi) is 7.26. The summed E-state index contributed by atoms with van der Waals surface area (Å²) in [6.07, 6.45) is 4.26. The second-order valence-corrected chi connectivity index (χ2v) is 9.54. The van der Waals surface area contributed by atoms with Gasteiger partial charge in [-0.05, 0) is 39.9 Å². The lowest BCUT2D eigenvalue weighted by molar-refractivity contribution is 0.217. The molecule has 5 aromatic rings. The Balaban J connectivity index is 1.69. The maximum absolute atomic E-state index is 10.6. The van der Waals surface area contributed by atoms with Crippen LogP contribution in [0.3, 0.4) is 0 Å². The first-order valence-electron chi connectivity index (χ1n) is 13.0. The van der Waals surface area contributed by atoms with Crippen molar-refractivity contribution in [3.8, 4) is 46.0 Å². The van der Waals surface area contributed by atoms with Gasteiger partial charge < -0.3 is 20.1 Å². The van der Waals surface area contributed by atoms with Crippen LogP contribution in [0.25, 0.3) is 44.3 Å². The number of fused-ring (bicyclic) bond motifs is 3. The Morgan fingerprint density at radius 2 is 1.42 bits per heavy atom. The fourth-order valence-electron chi connectivity index (χ4n) is 4.81. The summed E-state index contributed by atoms with van der Waals surface area (Å²) in [5.41, 5.74) is 0.781. The zero-order valence-electron chi connectivity index (χ0n) is 21.6. The molecule has 4 aromatic carbocycles. The van der Waals surface area contributed by atoms with Crippen molar-refractivity contribution in [3.05, 3.63) is 66.7 Å². The first-order chi connectivity index (χ1) is 18.5. The zero-order valence-corrected chi connectivity index (χ0v) is 21.6. The number of unbranched alkanes of at least 4 members (excludes halogenated alkanes) is 1. The molecule has 3 N–H and O–H groups in total. The van der Waals surface area contributed by atoms with Crippen LogP contribution in [-0.4, -0.2) is 36.9 Å². The third kappa shape index (κ3) is 5.05. The summed E-state index contributed by atoms with van der Waals surface area (Å²) < 4.78 is 6.11. The van der Waals surface area contributed by atoms with Gasteiger partial charge in [-0.3, -0.25) is 0 Å². The normalized spacial score (nSPS) is 12.2. The fourth-order valence-corrected chi connectivity index (χ4v) is 4.81. The van der Waals surface area contributed by atoms with E-state index in [-0.39, 0.29) is 34.6 Å². The minimum atomic E-state index is -0.344. The van der Waals surface area contributed by atoms with Crippen molar-refractivity contribution in [1.82, 2.24) is 15.0 Å². The second-order valence-electron chi connectivity index (χ2n) is 9.54. The average Bonchev–Trinajstić information content (AvgIpc) is 2.92. The molecule has 7 heteroatoms. The van der Waals surface area contributed by atoms with E-state index in [0.29, 0.717) is 18.3 Å². The molecule has 0 aliphatic rings. The monoisotopic (exact) mass is 509 g/mol. The van der Waals surface area contributed by atoms with Crippen molar-refractivity contribution in [2.75, 3.05) is 6.61 Å². The highest BCUT2D eigenvalue weighted by Crippen LogP contribution is 2.40. The number of hydrogen-bond acceptors (Lipinski definition) is 7. The molecule has 1 aromatic heterocycles. The van der Waals surface area contributed by atoms with E-state index in [1.807, 2.05) is 42.5 Å². The molecule has 0 radical (unpaired) electrons. The standard InChI is InChI=1S/C31H31N3O4/c1-3-5-10-19(4-2)18-38-31-33-29(32-30(34-31)28-26(36)16-21(35)17-27(28)37)25-15-20-11-6-7-12-22(20)23-13-8-9-14-24(23)25/h6-9,11-17,19,35-37H,3-5,10,18H2,1-2H3. The second kappa shape index (κ2) is 10.9. The summed E-state index contributed by atoms with van der Waals surface area (Å²) >= 11 is 0. The number of rotatable bonds is 9. The molecular formula is C31H31N3O4. The average molecular weight is 510 g/mol. The minimum absolute atomic E-state index is 0.000538. The van der Waals surface area contributed by atoms with Crippen molar-refractivity contribution in [2.24, 2.45) is 5.92 Å². The molecule has 0 bridgehead atoms. The predicted molar refractivity (Wildman–Crippen MR) is 150 cm³/mol. The smallest absolute Gasteiger partial charge is 0.320 e. The highest BCUT2D eigenvalue weighted by molar-refractivity contribution is 6.13. The molecule has 1 heterocycles. The minimum Gasteiger partial charge on any atom is -0.508 e. The summed E-state index contributed by atoms with van der Waals surface area (Å²) in [4.78, 5) is 13.8. The van der Waals surface area contributed by atoms with Crippen LogP contribution in [0.5, 0.6) is 23.3 Å². The van der Waals surface area contributed by atoms with Gasteiger partial charge in [-0.2, -0.15) is 9.97 Å². The number of ether oxygens (including phenoxy) is 1. The number of aromatic nitrogens is 3. The van der Waals surface area contributed by atoms with Crippen LogP contribution in [0.2, 0.25) is 0 Å². The third-order valence-corrected chi connectivity index (χ3v) is 6.92. The summed E-state index contributed by atoms with van der Waals surface area (Å²) in [6, 6.07) is 20.6. The highest BCUT2D eigenvalue weighted by atomic mass is 16.5. The van der Waals surface area contributed by atoms with Gasteiger partial charge in [0, 0.05) is 17.7 Å². The van der Waals surface area contributed by atoms with E-state index >= 15 is 0 Å². The first-order valence-corrected chi connectivity index (χ1v) is 13.0. The third-order valence-electron chi connectivity index (χ3n) is 6.92. The molecule has 7 nitrogen and oxygen atoms in total. The number of phenols is 3. The molecule has 0 fully saturated rings. The van der Waals surface area contributed by atoms with Crippen molar-refractivity contribution >= 4 is 21.5 Å². The molecule has 1 unspecified atom stereocenters. The van der Waals surface area contributed by atoms with Gasteiger partial charge in [0.15, 0.2) is 11.6 Å². The SMILES string of the molecule is CCCCC(CC)COc1nc(-c2c(O)cc(O)cc2O)nc(-c2cc3ccccc3c3ccccc23)n1. The van der Waals surface area contributed by atoms with Crippen molar-refractivity contribution in [2.45, 2.75) is 39.5 Å². The molecule has 5 rings (SSSR count). The van der Waals surface area contributed by atoms with Gasteiger partial charge >= 0.3 is 6.01 Å². The molecule has 0 amide bonds. The van der Waals surface area contributed by atoms with Crippen LogP contribution in [0.1, 0.15) is 39.5 Å². The number of benzene rings is 4. The molecule has 194 valence electrons. The fraction of sp³-hybridized carbons (Fsp3) is 0.258. The number of aromatic hydroxyl groups is 3. The molecular weight excluding hydrogens is 478 g/mol. The molecule has 0 aliphatic heterocycles. The Morgan fingerprint density at radius 3 is 2.13 bits per heavy atom. The van der Waals surface area contributed by atoms with Gasteiger partial charge in [0.25, 0.3) is 0 Å². The Morgan fingerprint density at radius 1 is 0.763 bits per heavy atom. The molecule has 0 aliphatic carbocycles. The van der Waals surface area contributed by atoms with E-state index in [1.165, 1.54) is 0 Å². The van der Waals surface area contributed by atoms with Crippen molar-refractivity contribution in [1.29, 1.82) is 0 Å². The van der Waals surface area contributed by atoms with Crippen molar-refractivity contribution in [3.63, 3.8) is 0 Å². The van der Waals surface area contributed by atoms with E-state index in [1.54, 1.807) is 0 Å². The topological polar surface area (TPSA) is 109 Å². The Hall–Kier alpha value is -4.39. The lowest BCUT2D eigenvalue weighted by Gasteiger charge is -2.16. The van der Waals surface area contributed by atoms with Crippen LogP contribution in [0.15, 0.2) is 66.7 Å². The maximum atomic E-state index is 10.6. The van der Waals surface area contributed by atoms with Gasteiger partial charge in [0.2, 0.25) is 0 Å². The molecule has 1 atom stereocenters. The lowest BCUT2D eigenvalue weighted by Crippen LogP contribution is -2.13. The van der Waals surface area contributed by atoms with Gasteiger partial charge in [0.1, 0.15) is 22.8 Å². The van der Waals surface area contributed by atoms with Crippen LogP contribution in [0, 0.1) is 5.92 Å². The Bertz CT molecular complexity index is 1580. The van der Waals surface area contributed by atoms with Gasteiger partial charge in [-0.15, -0.1) is 0 Å². The van der Waals surface area contributed by atoms with Crippen LogP contribution < -0.4 is 4.74 Å². The molecule has 38 heavy (non-hydrogen) atoms. The van der Waals surface area contributed by atoms with Gasteiger partial charge in [-0.1, -0.05) is 81.6 Å². The lowest BCUT2D eigenvalue weighted by atomic mass is 9.97. The van der Waals surface area contributed by atoms with Gasteiger partial charge in [-0.25, -0.2) is 4.98 Å². The quantitative estimate of drug-likeness (QED) is 0.180. The Labute approximate surface area is 221 Å². The van der Waals surface area contributed by atoms with E-state index in [2.05, 4.69) is 35.9 Å². The van der Waals surface area contributed by atoms with Gasteiger partial charge in [0.05, 0.1) is 6.61 Å². The van der Waals surface area contributed by atoms with E-state index < -0.39 is 0 Å². The van der Waals surface area contributed by atoms with E-state index in [9.17, 15) is 15.3 Å². The number of phenolic OH excluding ortho intramolecular Hbond substituents is 3. The zero-order chi connectivity index (χ0) is 26.6. The molecule has 0 saturated heterocycles. The van der Waals surface area contributed by atoms with Crippen molar-refractivity contribution < 1.29 is 20.1 Å². The highest BCUT2D eigenvalue weighted by Gasteiger charge is 2.21. The largest absolute Gasteiger partial charge is 0.508 e. The van der Waals surface area contributed by atoms with E-state index in [0.717, 1.165) is 64.9 Å². The van der Waals surface area contributed by atoms with E-state index in [4.69, 9.17) is 9.72 Å². The van der Waals surface area contributed by atoms with Crippen LogP contribution >= 0.6 is 0 Å². The molecule has 0 spiro atoms. The van der Waals surface area contributed by atoms with Crippen LogP contribution in [-0.2, 0) is 0 Å². The summed E-state index contributed by atoms with van der Waals surface area (Å²) in [7, 11) is 0. The summed E-state index contributed by atoms with van der Waals surface area (Å²) in [6.45, 7) is 4.76. The molecule has 0 saturated carbocycles. The summed E-state index contributed by atoms with van der Waals surface area (Å²) in [5, 5.41) is 35.2. The first kappa shape index (κ1) is 25.3. The number of hydrogen-bond donors (Lipinski definition) is 3.